The number of hydrogen-bond acceptors (Lipinski definition) is 2. The molecule has 5 nitrogen and oxygen atoms in total. The van der Waals surface area contributed by atoms with Gasteiger partial charge in [-0.15, -0.1) is 0 Å². The van der Waals surface area contributed by atoms with Gasteiger partial charge in [-0.25, -0.2) is 4.79 Å². The Morgan fingerprint density at radius 3 is 1.43 bits per heavy atom. The van der Waals surface area contributed by atoms with E-state index < -0.39 is 6.03 Å². The number of thiocarbonyl (C=S) groups is 1. The largest absolute Gasteiger partial charge is 0.376 e. The molecule has 0 aliphatic rings. The van der Waals surface area contributed by atoms with Crippen LogP contribution in [0.4, 0.5) is 4.79 Å². The molecule has 0 saturated carbocycles. The fourth-order valence-electron chi connectivity index (χ4n) is 0.569. The number of carbonyl (C=O) groups excluding carboxylic acids is 1. The van der Waals surface area contributed by atoms with E-state index in [1.54, 1.807) is 0 Å². The number of urea groups is 1. The van der Waals surface area contributed by atoms with E-state index in [0.29, 0.717) is 11.2 Å². The number of carbonyl (C=O) groups is 1. The third kappa shape index (κ3) is 22.4. The molecular weight excluding hydrogens is 200 g/mol. The van der Waals surface area contributed by atoms with Gasteiger partial charge < -0.3 is 22.1 Å². The number of amides is 2. The minimum atomic E-state index is -0.463. The van der Waals surface area contributed by atoms with Gasteiger partial charge in [-0.2, -0.15) is 0 Å². The summed E-state index contributed by atoms with van der Waals surface area (Å²) in [7, 11) is 0. The lowest BCUT2D eigenvalue weighted by Gasteiger charge is -2.04. The first-order valence-corrected chi connectivity index (χ1v) is 4.78. The van der Waals surface area contributed by atoms with Gasteiger partial charge >= 0.3 is 6.03 Å². The molecule has 0 rings (SSSR count). The van der Waals surface area contributed by atoms with E-state index in [-0.39, 0.29) is 6.04 Å². The van der Waals surface area contributed by atoms with Crippen LogP contribution in [0.25, 0.3) is 0 Å². The van der Waals surface area contributed by atoms with Crippen molar-refractivity contribution in [1.82, 2.24) is 10.6 Å². The molecule has 84 valence electrons. The minimum absolute atomic E-state index is 0.150. The normalized spacial score (nSPS) is 9.00. The SMILES string of the molecule is CC(C)NC(N)=O.CC(C)NC(N)=S. The molecular formula is C8H20N4OS. The van der Waals surface area contributed by atoms with Gasteiger partial charge in [0, 0.05) is 12.1 Å². The van der Waals surface area contributed by atoms with Gasteiger partial charge in [-0.05, 0) is 39.9 Å². The fraction of sp³-hybridized carbons (Fsp3) is 0.750. The van der Waals surface area contributed by atoms with Crippen molar-refractivity contribution in [2.75, 3.05) is 0 Å². The van der Waals surface area contributed by atoms with Gasteiger partial charge in [0.05, 0.1) is 0 Å². The van der Waals surface area contributed by atoms with Gasteiger partial charge in [0.1, 0.15) is 0 Å². The summed E-state index contributed by atoms with van der Waals surface area (Å²) in [5, 5.41) is 5.63. The van der Waals surface area contributed by atoms with E-state index >= 15 is 0 Å². The highest BCUT2D eigenvalue weighted by Gasteiger charge is 1.91. The molecule has 0 atom stereocenters. The molecule has 0 spiro atoms. The van der Waals surface area contributed by atoms with Crippen molar-refractivity contribution in [3.05, 3.63) is 0 Å². The van der Waals surface area contributed by atoms with Crippen molar-refractivity contribution in [3.63, 3.8) is 0 Å². The number of nitrogens with one attached hydrogen (secondary N) is 2. The summed E-state index contributed by atoms with van der Waals surface area (Å²) < 4.78 is 0. The van der Waals surface area contributed by atoms with Crippen LogP contribution in [0.5, 0.6) is 0 Å². The average molecular weight is 220 g/mol. The van der Waals surface area contributed by atoms with Crippen molar-refractivity contribution in [1.29, 1.82) is 0 Å². The predicted octanol–water partition coefficient (Wildman–Crippen LogP) is 0.291. The Bertz CT molecular complexity index is 162. The van der Waals surface area contributed by atoms with Gasteiger partial charge in [0.2, 0.25) is 0 Å². The Balaban J connectivity index is 0. The number of nitrogens with two attached hydrogens (primary N) is 2. The molecule has 0 aromatic rings. The highest BCUT2D eigenvalue weighted by atomic mass is 32.1. The summed E-state index contributed by atoms with van der Waals surface area (Å²) in [6, 6.07) is 0.0463. The summed E-state index contributed by atoms with van der Waals surface area (Å²) in [6.45, 7) is 7.67. The monoisotopic (exact) mass is 220 g/mol. The van der Waals surface area contributed by atoms with Crippen LogP contribution >= 0.6 is 12.2 Å². The number of rotatable bonds is 2. The quantitative estimate of drug-likeness (QED) is 0.503. The van der Waals surface area contributed by atoms with E-state index in [1.165, 1.54) is 0 Å². The first-order chi connectivity index (χ1) is 6.25. The van der Waals surface area contributed by atoms with Crippen LogP contribution in [-0.4, -0.2) is 23.2 Å². The highest BCUT2D eigenvalue weighted by Crippen LogP contribution is 1.72. The van der Waals surface area contributed by atoms with Crippen molar-refractivity contribution in [3.8, 4) is 0 Å². The van der Waals surface area contributed by atoms with Crippen LogP contribution < -0.4 is 22.1 Å². The lowest BCUT2D eigenvalue weighted by atomic mass is 10.4. The smallest absolute Gasteiger partial charge is 0.312 e. The Hall–Kier alpha value is -1.04. The minimum Gasteiger partial charge on any atom is -0.376 e. The summed E-state index contributed by atoms with van der Waals surface area (Å²) in [5.74, 6) is 0. The van der Waals surface area contributed by atoms with Crippen molar-refractivity contribution in [2.45, 2.75) is 39.8 Å². The van der Waals surface area contributed by atoms with Crippen LogP contribution in [0.15, 0.2) is 0 Å². The summed E-state index contributed by atoms with van der Waals surface area (Å²) in [6.07, 6.45) is 0. The summed E-state index contributed by atoms with van der Waals surface area (Å²) in [5.41, 5.74) is 9.86. The third-order valence-electron chi connectivity index (χ3n) is 0.862. The lowest BCUT2D eigenvalue weighted by Crippen LogP contribution is -2.34. The lowest BCUT2D eigenvalue weighted by molar-refractivity contribution is 0.247. The maximum absolute atomic E-state index is 9.92. The molecule has 0 aromatic carbocycles. The van der Waals surface area contributed by atoms with Crippen LogP contribution in [0.1, 0.15) is 27.7 Å². The van der Waals surface area contributed by atoms with Crippen LogP contribution in [0, 0.1) is 0 Å². The third-order valence-corrected chi connectivity index (χ3v) is 0.980. The first kappa shape index (κ1) is 15.4. The first-order valence-electron chi connectivity index (χ1n) is 4.37. The molecule has 6 N–H and O–H groups in total. The molecule has 0 radical (unpaired) electrons. The van der Waals surface area contributed by atoms with E-state index in [0.717, 1.165) is 0 Å². The number of hydrogen-bond donors (Lipinski definition) is 4. The molecule has 0 unspecified atom stereocenters. The molecule has 0 heterocycles. The zero-order valence-electron chi connectivity index (χ0n) is 9.13. The van der Waals surface area contributed by atoms with E-state index in [9.17, 15) is 4.79 Å². The predicted molar refractivity (Wildman–Crippen MR) is 62.9 cm³/mol. The molecule has 0 aliphatic carbocycles. The van der Waals surface area contributed by atoms with Crippen molar-refractivity contribution < 1.29 is 4.79 Å². The summed E-state index contributed by atoms with van der Waals surface area (Å²) >= 11 is 4.54. The van der Waals surface area contributed by atoms with Crippen LogP contribution in [0.2, 0.25) is 0 Å². The zero-order chi connectivity index (χ0) is 11.7. The maximum atomic E-state index is 9.92. The molecule has 14 heavy (non-hydrogen) atoms. The molecule has 6 heteroatoms. The molecule has 0 saturated heterocycles. The van der Waals surface area contributed by atoms with Crippen molar-refractivity contribution >= 4 is 23.4 Å². The fourth-order valence-corrected chi connectivity index (χ4v) is 0.805. The second kappa shape index (κ2) is 8.55. The molecule has 0 fully saturated rings. The Kier molecular flexibility index (Phi) is 9.43. The zero-order valence-corrected chi connectivity index (χ0v) is 9.94. The van der Waals surface area contributed by atoms with E-state index in [2.05, 4.69) is 22.9 Å². The van der Waals surface area contributed by atoms with E-state index in [1.807, 2.05) is 27.7 Å². The van der Waals surface area contributed by atoms with Gasteiger partial charge in [0.25, 0.3) is 0 Å². The molecule has 0 aliphatic heterocycles. The van der Waals surface area contributed by atoms with Crippen LogP contribution in [-0.2, 0) is 0 Å². The molecule has 2 amide bonds. The molecule has 0 aromatic heterocycles. The average Bonchev–Trinajstić information content (AvgIpc) is 1.79. The van der Waals surface area contributed by atoms with Gasteiger partial charge in [-0.3, -0.25) is 0 Å². The van der Waals surface area contributed by atoms with Gasteiger partial charge in [0.15, 0.2) is 5.11 Å². The standard InChI is InChI=1S/C4H10N2O.C4H10N2S/c2*1-3(2)6-4(5)7/h2*3H,1-2H3,(H3,5,6,7). The molecule has 0 bridgehead atoms. The number of primary amides is 1. The summed E-state index contributed by atoms with van der Waals surface area (Å²) in [4.78, 5) is 9.92. The highest BCUT2D eigenvalue weighted by molar-refractivity contribution is 7.80. The van der Waals surface area contributed by atoms with Gasteiger partial charge in [-0.1, -0.05) is 0 Å². The Labute approximate surface area is 90.6 Å². The second-order valence-corrected chi connectivity index (χ2v) is 3.77. The van der Waals surface area contributed by atoms with E-state index in [4.69, 9.17) is 11.5 Å². The van der Waals surface area contributed by atoms with Crippen LogP contribution in [0.3, 0.4) is 0 Å². The maximum Gasteiger partial charge on any atom is 0.312 e. The Morgan fingerprint density at radius 2 is 1.43 bits per heavy atom. The Morgan fingerprint density at radius 1 is 1.07 bits per heavy atom. The second-order valence-electron chi connectivity index (χ2n) is 3.33. The van der Waals surface area contributed by atoms with Crippen molar-refractivity contribution in [2.24, 2.45) is 11.5 Å². The topological polar surface area (TPSA) is 93.2 Å².